The van der Waals surface area contributed by atoms with E-state index in [-0.39, 0.29) is 34.9 Å². The molecule has 1 atom stereocenters. The number of hydrogen-bond donors (Lipinski definition) is 4. The number of carbonyl (C=O) groups excluding carboxylic acids is 1. The van der Waals surface area contributed by atoms with E-state index < -0.39 is 10.0 Å². The number of nitrogens with zero attached hydrogens (tertiary/aromatic N) is 2. The van der Waals surface area contributed by atoms with Crippen molar-refractivity contribution in [3.05, 3.63) is 34.3 Å². The number of nitrogens with one attached hydrogen (secondary N) is 2. The molecule has 0 spiro atoms. The minimum atomic E-state index is -3.39. The van der Waals surface area contributed by atoms with Gasteiger partial charge in [-0.3, -0.25) is 10.2 Å². The normalized spacial score (nSPS) is 18.9. The van der Waals surface area contributed by atoms with Crippen molar-refractivity contribution in [1.82, 2.24) is 14.3 Å². The standard InChI is InChI=1S/C22H34N6O3S/c1-4-14-10-15-6-7-18(29)17(15)11-16(14)12-19-26-20(21(23)24)22(25)28(19)8-5-9-32(30,31)27-13(2)3/h11,13-14,27H,4-10,12,25H2,1-3H3,(H3,23,24). The van der Waals surface area contributed by atoms with E-state index in [9.17, 15) is 13.2 Å². The Hall–Kier alpha value is -2.46. The molecule has 2 aliphatic rings. The zero-order valence-electron chi connectivity index (χ0n) is 19.1. The zero-order chi connectivity index (χ0) is 23.6. The van der Waals surface area contributed by atoms with E-state index in [2.05, 4.69) is 16.6 Å². The molecule has 0 saturated carbocycles. The fraction of sp³-hybridized carbons (Fsp3) is 0.591. The number of Topliss-reactive ketones (excluding diaryl/α,β-unsaturated/α-hetero) is 1. The van der Waals surface area contributed by atoms with E-state index in [4.69, 9.17) is 16.9 Å². The molecule has 0 aromatic carbocycles. The van der Waals surface area contributed by atoms with Crippen LogP contribution in [0.15, 0.2) is 22.8 Å². The highest BCUT2D eigenvalue weighted by Crippen LogP contribution is 2.39. The van der Waals surface area contributed by atoms with Gasteiger partial charge in [0.2, 0.25) is 10.0 Å². The second-order valence-electron chi connectivity index (χ2n) is 8.92. The molecule has 0 bridgehead atoms. The van der Waals surface area contributed by atoms with Gasteiger partial charge in [-0.1, -0.05) is 24.1 Å². The molecular weight excluding hydrogens is 428 g/mol. The smallest absolute Gasteiger partial charge is 0.211 e. The van der Waals surface area contributed by atoms with Gasteiger partial charge in [-0.25, -0.2) is 18.1 Å². The Kier molecular flexibility index (Phi) is 7.24. The number of sulfonamides is 1. The molecule has 32 heavy (non-hydrogen) atoms. The van der Waals surface area contributed by atoms with E-state index in [1.54, 1.807) is 18.4 Å². The van der Waals surface area contributed by atoms with E-state index in [1.165, 1.54) is 5.57 Å². The van der Waals surface area contributed by atoms with Gasteiger partial charge in [0.15, 0.2) is 5.78 Å². The third-order valence-electron chi connectivity index (χ3n) is 6.09. The summed E-state index contributed by atoms with van der Waals surface area (Å²) >= 11 is 0. The summed E-state index contributed by atoms with van der Waals surface area (Å²) in [4.78, 5) is 16.8. The van der Waals surface area contributed by atoms with Gasteiger partial charge in [0.05, 0.1) is 5.75 Å². The molecule has 0 amide bonds. The number of allylic oxidation sites excluding steroid dienone is 4. The van der Waals surface area contributed by atoms with Crippen molar-refractivity contribution in [2.75, 3.05) is 11.5 Å². The summed E-state index contributed by atoms with van der Waals surface area (Å²) < 4.78 is 28.7. The molecule has 6 N–H and O–H groups in total. The average molecular weight is 463 g/mol. The lowest BCUT2D eigenvalue weighted by Crippen LogP contribution is -2.32. The number of rotatable bonds is 10. The molecule has 2 aliphatic carbocycles. The molecule has 1 heterocycles. The number of amidine groups is 1. The highest BCUT2D eigenvalue weighted by molar-refractivity contribution is 7.89. The lowest BCUT2D eigenvalue weighted by Gasteiger charge is -2.24. The minimum Gasteiger partial charge on any atom is -0.383 e. The maximum atomic E-state index is 12.3. The number of hydrogen-bond acceptors (Lipinski definition) is 6. The maximum Gasteiger partial charge on any atom is 0.211 e. The van der Waals surface area contributed by atoms with Crippen LogP contribution in [-0.4, -0.2) is 41.4 Å². The predicted octanol–water partition coefficient (Wildman–Crippen LogP) is 2.03. The van der Waals surface area contributed by atoms with Crippen molar-refractivity contribution < 1.29 is 13.2 Å². The van der Waals surface area contributed by atoms with Gasteiger partial charge in [0, 0.05) is 31.0 Å². The molecule has 176 valence electrons. The van der Waals surface area contributed by atoms with Crippen LogP contribution in [0.1, 0.15) is 64.4 Å². The predicted molar refractivity (Wildman–Crippen MR) is 126 cm³/mol. The Morgan fingerprint density at radius 1 is 1.38 bits per heavy atom. The van der Waals surface area contributed by atoms with E-state index >= 15 is 0 Å². The SMILES string of the molecule is CCC1CC2=C(C=C1Cc1nc(C(=N)N)c(N)n1CCCS(=O)(=O)NC(C)C)C(=O)CC2. The first-order valence-corrected chi connectivity index (χ1v) is 12.8. The molecule has 1 unspecified atom stereocenters. The molecule has 0 saturated heterocycles. The van der Waals surface area contributed by atoms with Crippen molar-refractivity contribution in [3.8, 4) is 0 Å². The second kappa shape index (κ2) is 9.58. The fourth-order valence-electron chi connectivity index (χ4n) is 4.57. The Labute approximate surface area is 189 Å². The number of aromatic nitrogens is 2. The summed E-state index contributed by atoms with van der Waals surface area (Å²) in [6.07, 6.45) is 6.11. The van der Waals surface area contributed by atoms with Crippen LogP contribution in [-0.2, 0) is 27.8 Å². The van der Waals surface area contributed by atoms with Crippen LogP contribution in [0.25, 0.3) is 0 Å². The summed E-state index contributed by atoms with van der Waals surface area (Å²) in [5, 5.41) is 7.81. The number of nitrogens with two attached hydrogens (primary N) is 2. The third kappa shape index (κ3) is 5.29. The Morgan fingerprint density at radius 3 is 2.72 bits per heavy atom. The van der Waals surface area contributed by atoms with Crippen LogP contribution < -0.4 is 16.2 Å². The van der Waals surface area contributed by atoms with Gasteiger partial charge in [-0.05, 0) is 45.4 Å². The number of carbonyl (C=O) groups is 1. The zero-order valence-corrected chi connectivity index (χ0v) is 19.9. The van der Waals surface area contributed by atoms with Crippen LogP contribution in [0.3, 0.4) is 0 Å². The first-order chi connectivity index (χ1) is 15.0. The fourth-order valence-corrected chi connectivity index (χ4v) is 5.91. The molecule has 0 radical (unpaired) electrons. The van der Waals surface area contributed by atoms with E-state index in [0.717, 1.165) is 30.4 Å². The topological polar surface area (TPSA) is 157 Å². The Morgan fingerprint density at radius 2 is 2.09 bits per heavy atom. The summed E-state index contributed by atoms with van der Waals surface area (Å²) in [6.45, 7) is 6.04. The summed E-state index contributed by atoms with van der Waals surface area (Å²) in [6, 6.07) is -0.167. The highest BCUT2D eigenvalue weighted by Gasteiger charge is 2.30. The number of ketones is 1. The van der Waals surface area contributed by atoms with E-state index in [1.807, 2.05) is 6.08 Å². The molecule has 0 fully saturated rings. The van der Waals surface area contributed by atoms with Gasteiger partial charge < -0.3 is 16.0 Å². The van der Waals surface area contributed by atoms with Crippen LogP contribution in [0.5, 0.6) is 0 Å². The van der Waals surface area contributed by atoms with Crippen LogP contribution >= 0.6 is 0 Å². The lowest BCUT2D eigenvalue weighted by molar-refractivity contribution is -0.114. The van der Waals surface area contributed by atoms with Crippen LogP contribution in [0.2, 0.25) is 0 Å². The molecule has 3 rings (SSSR count). The van der Waals surface area contributed by atoms with Crippen molar-refractivity contribution >= 4 is 27.5 Å². The van der Waals surface area contributed by atoms with Gasteiger partial charge in [0.25, 0.3) is 0 Å². The summed E-state index contributed by atoms with van der Waals surface area (Å²) in [5.41, 5.74) is 15.4. The van der Waals surface area contributed by atoms with Gasteiger partial charge in [0.1, 0.15) is 23.2 Å². The number of anilines is 1. The average Bonchev–Trinajstić information content (AvgIpc) is 3.20. The Bertz CT molecular complexity index is 1080. The van der Waals surface area contributed by atoms with Crippen LogP contribution in [0, 0.1) is 11.3 Å². The largest absolute Gasteiger partial charge is 0.383 e. The van der Waals surface area contributed by atoms with Gasteiger partial charge >= 0.3 is 0 Å². The number of imidazole rings is 1. The third-order valence-corrected chi connectivity index (χ3v) is 7.74. The summed E-state index contributed by atoms with van der Waals surface area (Å²) in [7, 11) is -3.39. The van der Waals surface area contributed by atoms with Gasteiger partial charge in [-0.15, -0.1) is 0 Å². The molecule has 9 nitrogen and oxygen atoms in total. The van der Waals surface area contributed by atoms with Crippen molar-refractivity contribution in [3.63, 3.8) is 0 Å². The quantitative estimate of drug-likeness (QED) is 0.308. The van der Waals surface area contributed by atoms with Crippen LogP contribution in [0.4, 0.5) is 5.82 Å². The molecule has 1 aromatic rings. The molecular formula is C22H34N6O3S. The minimum absolute atomic E-state index is 0.0390. The highest BCUT2D eigenvalue weighted by atomic mass is 32.2. The van der Waals surface area contributed by atoms with Gasteiger partial charge in [-0.2, -0.15) is 0 Å². The first kappa shape index (κ1) is 24.2. The van der Waals surface area contributed by atoms with E-state index in [0.29, 0.717) is 37.5 Å². The number of nitrogen functional groups attached to an aromatic ring is 2. The monoisotopic (exact) mass is 462 g/mol. The van der Waals surface area contributed by atoms with Crippen molar-refractivity contribution in [2.45, 2.75) is 71.9 Å². The maximum absolute atomic E-state index is 12.3. The summed E-state index contributed by atoms with van der Waals surface area (Å²) in [5.74, 6) is 1.16. The second-order valence-corrected chi connectivity index (χ2v) is 10.8. The van der Waals surface area contributed by atoms with Crippen molar-refractivity contribution in [2.24, 2.45) is 11.7 Å². The molecule has 1 aromatic heterocycles. The molecule has 0 aliphatic heterocycles. The molecule has 10 heteroatoms. The first-order valence-electron chi connectivity index (χ1n) is 11.2. The van der Waals surface area contributed by atoms with Crippen molar-refractivity contribution in [1.29, 1.82) is 5.41 Å². The Balaban J connectivity index is 1.86. The lowest BCUT2D eigenvalue weighted by atomic mass is 9.81.